The van der Waals surface area contributed by atoms with E-state index in [0.29, 0.717) is 12.0 Å². The van der Waals surface area contributed by atoms with Crippen molar-refractivity contribution in [2.45, 2.75) is 45.7 Å². The maximum atomic E-state index is 6.31. The van der Waals surface area contributed by atoms with Crippen molar-refractivity contribution in [2.24, 2.45) is 0 Å². The van der Waals surface area contributed by atoms with E-state index < -0.39 is 0 Å². The lowest BCUT2D eigenvalue weighted by atomic mass is 9.94. The van der Waals surface area contributed by atoms with E-state index in [4.69, 9.17) is 11.6 Å². The number of rotatable bonds is 7. The van der Waals surface area contributed by atoms with Gasteiger partial charge in [-0.25, -0.2) is 0 Å². The van der Waals surface area contributed by atoms with E-state index in [1.165, 1.54) is 5.56 Å². The first-order valence-electron chi connectivity index (χ1n) is 7.60. The highest BCUT2D eigenvalue weighted by Crippen LogP contribution is 2.25. The molecule has 2 rings (SSSR count). The Bertz CT molecular complexity index is 548. The molecule has 1 unspecified atom stereocenters. The molecular weight excluding hydrogens is 282 g/mol. The van der Waals surface area contributed by atoms with Gasteiger partial charge in [0.2, 0.25) is 0 Å². The smallest absolute Gasteiger partial charge is 0.0818 e. The quantitative estimate of drug-likeness (QED) is 0.841. The summed E-state index contributed by atoms with van der Waals surface area (Å²) in [5.74, 6) is 0.396. The van der Waals surface area contributed by atoms with Gasteiger partial charge >= 0.3 is 0 Å². The van der Waals surface area contributed by atoms with Gasteiger partial charge in [-0.3, -0.25) is 4.68 Å². The SMILES string of the molecule is CCn1ncc(Cl)c1CC(CNC(C)C)c1ccccc1. The molecule has 0 saturated heterocycles. The Kier molecular flexibility index (Phi) is 5.83. The molecule has 1 aromatic carbocycles. The fourth-order valence-electron chi connectivity index (χ4n) is 2.51. The third-order valence-electron chi connectivity index (χ3n) is 3.68. The van der Waals surface area contributed by atoms with E-state index in [1.807, 2.05) is 4.68 Å². The molecule has 0 spiro atoms. The largest absolute Gasteiger partial charge is 0.314 e. The van der Waals surface area contributed by atoms with E-state index in [0.717, 1.165) is 30.2 Å². The Morgan fingerprint density at radius 1 is 1.24 bits per heavy atom. The minimum atomic E-state index is 0.396. The van der Waals surface area contributed by atoms with Crippen LogP contribution in [0.3, 0.4) is 0 Å². The van der Waals surface area contributed by atoms with Crippen LogP contribution >= 0.6 is 11.6 Å². The van der Waals surface area contributed by atoms with Crippen LogP contribution in [-0.4, -0.2) is 22.4 Å². The summed E-state index contributed by atoms with van der Waals surface area (Å²) in [7, 11) is 0. The Hall–Kier alpha value is -1.32. The molecule has 0 aliphatic rings. The van der Waals surface area contributed by atoms with E-state index in [9.17, 15) is 0 Å². The van der Waals surface area contributed by atoms with Crippen molar-refractivity contribution < 1.29 is 0 Å². The molecule has 0 radical (unpaired) electrons. The van der Waals surface area contributed by atoms with E-state index in [1.54, 1.807) is 6.20 Å². The number of nitrogens with zero attached hydrogens (tertiary/aromatic N) is 2. The molecule has 4 heteroatoms. The molecule has 114 valence electrons. The number of benzene rings is 1. The molecule has 0 saturated carbocycles. The molecule has 2 aromatic rings. The first kappa shape index (κ1) is 16.1. The zero-order chi connectivity index (χ0) is 15.2. The molecular formula is C17H24ClN3. The van der Waals surface area contributed by atoms with Crippen LogP contribution in [-0.2, 0) is 13.0 Å². The normalized spacial score (nSPS) is 12.8. The summed E-state index contributed by atoms with van der Waals surface area (Å²) in [6.45, 7) is 8.22. The second kappa shape index (κ2) is 7.62. The van der Waals surface area contributed by atoms with E-state index >= 15 is 0 Å². The summed E-state index contributed by atoms with van der Waals surface area (Å²) in [6.07, 6.45) is 2.65. The molecule has 1 heterocycles. The van der Waals surface area contributed by atoms with Gasteiger partial charge in [-0.1, -0.05) is 55.8 Å². The van der Waals surface area contributed by atoms with Gasteiger partial charge in [-0.15, -0.1) is 0 Å². The molecule has 0 aliphatic heterocycles. The number of halogens is 1. The van der Waals surface area contributed by atoms with Crippen LogP contribution in [0.25, 0.3) is 0 Å². The van der Waals surface area contributed by atoms with E-state index in [2.05, 4.69) is 61.5 Å². The zero-order valence-corrected chi connectivity index (χ0v) is 13.8. The fourth-order valence-corrected chi connectivity index (χ4v) is 2.73. The Morgan fingerprint density at radius 3 is 2.57 bits per heavy atom. The average Bonchev–Trinajstić information content (AvgIpc) is 2.84. The van der Waals surface area contributed by atoms with Crippen LogP contribution in [0.5, 0.6) is 0 Å². The molecule has 0 amide bonds. The van der Waals surface area contributed by atoms with Crippen molar-refractivity contribution in [3.63, 3.8) is 0 Å². The van der Waals surface area contributed by atoms with Gasteiger partial charge in [-0.2, -0.15) is 5.10 Å². The van der Waals surface area contributed by atoms with Crippen LogP contribution in [0.15, 0.2) is 36.5 Å². The molecule has 1 aromatic heterocycles. The fraction of sp³-hybridized carbons (Fsp3) is 0.471. The summed E-state index contributed by atoms with van der Waals surface area (Å²) in [6, 6.07) is 11.1. The number of aryl methyl sites for hydroxylation is 1. The third-order valence-corrected chi connectivity index (χ3v) is 4.00. The molecule has 0 aliphatic carbocycles. The van der Waals surface area contributed by atoms with Gasteiger partial charge in [0.1, 0.15) is 0 Å². The summed E-state index contributed by atoms with van der Waals surface area (Å²) in [4.78, 5) is 0. The lowest BCUT2D eigenvalue weighted by molar-refractivity contribution is 0.510. The highest BCUT2D eigenvalue weighted by Gasteiger charge is 2.17. The van der Waals surface area contributed by atoms with Crippen molar-refractivity contribution in [1.82, 2.24) is 15.1 Å². The van der Waals surface area contributed by atoms with Crippen molar-refractivity contribution in [2.75, 3.05) is 6.54 Å². The van der Waals surface area contributed by atoms with Gasteiger partial charge in [0.25, 0.3) is 0 Å². The monoisotopic (exact) mass is 305 g/mol. The van der Waals surface area contributed by atoms with Crippen LogP contribution < -0.4 is 5.32 Å². The second-order valence-corrected chi connectivity index (χ2v) is 6.04. The third kappa shape index (κ3) is 4.32. The number of hydrogen-bond donors (Lipinski definition) is 1. The highest BCUT2D eigenvalue weighted by atomic mass is 35.5. The first-order chi connectivity index (χ1) is 10.1. The summed E-state index contributed by atoms with van der Waals surface area (Å²) >= 11 is 6.31. The van der Waals surface area contributed by atoms with Gasteiger partial charge < -0.3 is 5.32 Å². The number of hydrogen-bond acceptors (Lipinski definition) is 2. The van der Waals surface area contributed by atoms with Crippen LogP contribution in [0.1, 0.15) is 37.9 Å². The predicted molar refractivity (Wildman–Crippen MR) is 88.9 cm³/mol. The zero-order valence-electron chi connectivity index (χ0n) is 13.0. The Balaban J connectivity index is 2.21. The minimum absolute atomic E-state index is 0.396. The second-order valence-electron chi connectivity index (χ2n) is 5.63. The van der Waals surface area contributed by atoms with Crippen LogP contribution in [0.4, 0.5) is 0 Å². The van der Waals surface area contributed by atoms with Crippen molar-refractivity contribution in [3.8, 4) is 0 Å². The lowest BCUT2D eigenvalue weighted by Crippen LogP contribution is -2.29. The maximum absolute atomic E-state index is 6.31. The van der Waals surface area contributed by atoms with Gasteiger partial charge in [0, 0.05) is 25.0 Å². The Morgan fingerprint density at radius 2 is 1.95 bits per heavy atom. The molecule has 21 heavy (non-hydrogen) atoms. The summed E-state index contributed by atoms with van der Waals surface area (Å²) in [5, 5.41) is 8.65. The van der Waals surface area contributed by atoms with Crippen molar-refractivity contribution in [1.29, 1.82) is 0 Å². The maximum Gasteiger partial charge on any atom is 0.0818 e. The highest BCUT2D eigenvalue weighted by molar-refractivity contribution is 6.31. The Labute approximate surface area is 132 Å². The molecule has 3 nitrogen and oxygen atoms in total. The predicted octanol–water partition coefficient (Wildman–Crippen LogP) is 3.88. The standard InChI is InChI=1S/C17H24ClN3/c1-4-21-17(16(18)12-20-21)10-15(11-19-13(2)3)14-8-6-5-7-9-14/h5-9,12-13,15,19H,4,10-11H2,1-3H3. The van der Waals surface area contributed by atoms with Crippen LogP contribution in [0.2, 0.25) is 5.02 Å². The van der Waals surface area contributed by atoms with E-state index in [-0.39, 0.29) is 0 Å². The van der Waals surface area contributed by atoms with Crippen molar-refractivity contribution >= 4 is 11.6 Å². The average molecular weight is 306 g/mol. The van der Waals surface area contributed by atoms with Gasteiger partial charge in [0.05, 0.1) is 16.9 Å². The van der Waals surface area contributed by atoms with Gasteiger partial charge in [0.15, 0.2) is 0 Å². The molecule has 1 atom stereocenters. The van der Waals surface area contributed by atoms with Crippen molar-refractivity contribution in [3.05, 3.63) is 52.8 Å². The lowest BCUT2D eigenvalue weighted by Gasteiger charge is -2.20. The summed E-state index contributed by atoms with van der Waals surface area (Å²) in [5.41, 5.74) is 2.46. The first-order valence-corrected chi connectivity index (χ1v) is 7.98. The molecule has 0 bridgehead atoms. The minimum Gasteiger partial charge on any atom is -0.314 e. The molecule has 1 N–H and O–H groups in total. The van der Waals surface area contributed by atoms with Crippen LogP contribution in [0, 0.1) is 0 Å². The summed E-state index contributed by atoms with van der Waals surface area (Å²) < 4.78 is 1.99. The van der Waals surface area contributed by atoms with Gasteiger partial charge in [-0.05, 0) is 18.9 Å². The number of nitrogens with one attached hydrogen (secondary N) is 1. The molecule has 0 fully saturated rings. The topological polar surface area (TPSA) is 29.9 Å². The number of aromatic nitrogens is 2.